The lowest BCUT2D eigenvalue weighted by atomic mass is 10.1. The second-order valence-electron chi connectivity index (χ2n) is 5.43. The molecule has 2 amide bonds. The normalized spacial score (nSPS) is 13.1. The molecule has 0 N–H and O–H groups in total. The predicted octanol–water partition coefficient (Wildman–Crippen LogP) is 1.85. The molecular formula is C18H16N2O4. The van der Waals surface area contributed by atoms with Crippen molar-refractivity contribution in [3.05, 3.63) is 65.5 Å². The molecule has 122 valence electrons. The van der Waals surface area contributed by atoms with Crippen molar-refractivity contribution in [1.29, 1.82) is 0 Å². The van der Waals surface area contributed by atoms with Gasteiger partial charge in [-0.05, 0) is 36.6 Å². The van der Waals surface area contributed by atoms with Crippen molar-refractivity contribution in [3.8, 4) is 0 Å². The van der Waals surface area contributed by atoms with Gasteiger partial charge in [-0.15, -0.1) is 0 Å². The number of hydrogen-bond donors (Lipinski definition) is 0. The van der Waals surface area contributed by atoms with Gasteiger partial charge < -0.3 is 4.74 Å². The number of pyridine rings is 1. The highest BCUT2D eigenvalue weighted by molar-refractivity contribution is 6.22. The van der Waals surface area contributed by atoms with Gasteiger partial charge in [-0.25, -0.2) is 0 Å². The largest absolute Gasteiger partial charge is 0.464 e. The highest BCUT2D eigenvalue weighted by atomic mass is 16.5. The predicted molar refractivity (Wildman–Crippen MR) is 85.3 cm³/mol. The van der Waals surface area contributed by atoms with Gasteiger partial charge in [0.2, 0.25) is 0 Å². The van der Waals surface area contributed by atoms with Gasteiger partial charge in [0.15, 0.2) is 0 Å². The fourth-order valence-electron chi connectivity index (χ4n) is 2.57. The number of esters is 1. The van der Waals surface area contributed by atoms with Crippen molar-refractivity contribution >= 4 is 17.8 Å². The number of nitrogens with zero attached hydrogens (tertiary/aromatic N) is 2. The van der Waals surface area contributed by atoms with Crippen LogP contribution in [0.25, 0.3) is 0 Å². The number of hydrogen-bond acceptors (Lipinski definition) is 5. The molecule has 6 nitrogen and oxygen atoms in total. The van der Waals surface area contributed by atoms with E-state index in [9.17, 15) is 14.4 Å². The van der Waals surface area contributed by atoms with Crippen LogP contribution in [0.4, 0.5) is 0 Å². The van der Waals surface area contributed by atoms with E-state index in [1.165, 1.54) is 0 Å². The van der Waals surface area contributed by atoms with Crippen molar-refractivity contribution in [3.63, 3.8) is 0 Å². The number of rotatable bonds is 6. The van der Waals surface area contributed by atoms with Crippen LogP contribution in [-0.2, 0) is 16.0 Å². The van der Waals surface area contributed by atoms with Crippen LogP contribution in [0.2, 0.25) is 0 Å². The van der Waals surface area contributed by atoms with Crippen LogP contribution in [0.15, 0.2) is 48.8 Å². The van der Waals surface area contributed by atoms with Crippen LogP contribution in [0.5, 0.6) is 0 Å². The van der Waals surface area contributed by atoms with Crippen LogP contribution in [0.3, 0.4) is 0 Å². The quantitative estimate of drug-likeness (QED) is 0.460. The minimum absolute atomic E-state index is 0.233. The summed E-state index contributed by atoms with van der Waals surface area (Å²) >= 11 is 0. The maximum absolute atomic E-state index is 12.1. The summed E-state index contributed by atoms with van der Waals surface area (Å²) in [6, 6.07) is 10.3. The van der Waals surface area contributed by atoms with Gasteiger partial charge in [0.1, 0.15) is 6.54 Å². The first-order chi connectivity index (χ1) is 11.7. The summed E-state index contributed by atoms with van der Waals surface area (Å²) in [4.78, 5) is 41.1. The molecule has 0 spiro atoms. The number of imide groups is 1. The summed E-state index contributed by atoms with van der Waals surface area (Å²) in [5, 5.41) is 0. The second-order valence-corrected chi connectivity index (χ2v) is 5.43. The van der Waals surface area contributed by atoms with E-state index in [2.05, 4.69) is 4.98 Å². The molecule has 0 saturated heterocycles. The zero-order chi connectivity index (χ0) is 16.9. The third-order valence-electron chi connectivity index (χ3n) is 3.76. The zero-order valence-corrected chi connectivity index (χ0v) is 13.0. The first-order valence-electron chi connectivity index (χ1n) is 7.66. The lowest BCUT2D eigenvalue weighted by Crippen LogP contribution is -2.35. The summed E-state index contributed by atoms with van der Waals surface area (Å²) in [6.07, 6.45) is 4.86. The molecule has 0 saturated carbocycles. The van der Waals surface area contributed by atoms with E-state index in [0.29, 0.717) is 17.5 Å². The Balaban J connectivity index is 1.48. The van der Waals surface area contributed by atoms with E-state index in [0.717, 1.165) is 16.9 Å². The summed E-state index contributed by atoms with van der Waals surface area (Å²) in [5.74, 6) is -1.50. The van der Waals surface area contributed by atoms with Crippen LogP contribution < -0.4 is 0 Å². The van der Waals surface area contributed by atoms with Gasteiger partial charge in [0.05, 0.1) is 17.7 Å². The molecule has 1 aromatic carbocycles. The number of aryl methyl sites for hydroxylation is 1. The van der Waals surface area contributed by atoms with E-state index < -0.39 is 17.8 Å². The molecule has 2 heterocycles. The van der Waals surface area contributed by atoms with Crippen molar-refractivity contribution in [2.75, 3.05) is 13.2 Å². The molecule has 1 aromatic heterocycles. The highest BCUT2D eigenvalue weighted by Crippen LogP contribution is 2.22. The van der Waals surface area contributed by atoms with E-state index in [-0.39, 0.29) is 13.2 Å². The highest BCUT2D eigenvalue weighted by Gasteiger charge is 2.36. The van der Waals surface area contributed by atoms with E-state index in [4.69, 9.17) is 4.74 Å². The number of fused-ring (bicyclic) bond motifs is 1. The Morgan fingerprint density at radius 3 is 2.38 bits per heavy atom. The number of benzene rings is 1. The Kier molecular flexibility index (Phi) is 4.65. The minimum atomic E-state index is -0.587. The van der Waals surface area contributed by atoms with E-state index in [1.54, 1.807) is 36.7 Å². The third-order valence-corrected chi connectivity index (χ3v) is 3.76. The van der Waals surface area contributed by atoms with Crippen molar-refractivity contribution in [2.24, 2.45) is 0 Å². The summed E-state index contributed by atoms with van der Waals surface area (Å²) < 4.78 is 5.12. The fourth-order valence-corrected chi connectivity index (χ4v) is 2.57. The molecule has 2 aromatic rings. The van der Waals surface area contributed by atoms with E-state index in [1.807, 2.05) is 12.1 Å². The SMILES string of the molecule is O=C(CN1C(=O)c2ccccc2C1=O)OCCCc1cccnc1. The first-order valence-corrected chi connectivity index (χ1v) is 7.66. The Hall–Kier alpha value is -3.02. The molecule has 0 bridgehead atoms. The Morgan fingerprint density at radius 1 is 1.04 bits per heavy atom. The Bertz CT molecular complexity index is 739. The van der Waals surface area contributed by atoms with E-state index >= 15 is 0 Å². The molecule has 0 atom stereocenters. The maximum atomic E-state index is 12.1. The van der Waals surface area contributed by atoms with Gasteiger partial charge in [0, 0.05) is 12.4 Å². The average Bonchev–Trinajstić information content (AvgIpc) is 2.85. The molecule has 0 unspecified atom stereocenters. The van der Waals surface area contributed by atoms with Gasteiger partial charge in [0.25, 0.3) is 11.8 Å². The zero-order valence-electron chi connectivity index (χ0n) is 13.0. The van der Waals surface area contributed by atoms with Crippen LogP contribution in [0, 0.1) is 0 Å². The van der Waals surface area contributed by atoms with Crippen molar-refractivity contribution in [1.82, 2.24) is 9.88 Å². The van der Waals surface area contributed by atoms with Crippen molar-refractivity contribution in [2.45, 2.75) is 12.8 Å². The van der Waals surface area contributed by atoms with Crippen LogP contribution in [0.1, 0.15) is 32.7 Å². The lowest BCUT2D eigenvalue weighted by molar-refractivity contribution is -0.144. The van der Waals surface area contributed by atoms with Crippen LogP contribution in [-0.4, -0.2) is 40.8 Å². The lowest BCUT2D eigenvalue weighted by Gasteiger charge is -2.13. The molecule has 3 rings (SSSR count). The summed E-state index contributed by atoms with van der Waals surface area (Å²) in [7, 11) is 0. The van der Waals surface area contributed by atoms with Crippen LogP contribution >= 0.6 is 0 Å². The first kappa shape index (κ1) is 15.9. The Labute approximate surface area is 139 Å². The summed E-state index contributed by atoms with van der Waals surface area (Å²) in [5.41, 5.74) is 1.72. The molecule has 0 radical (unpaired) electrons. The molecular weight excluding hydrogens is 308 g/mol. The van der Waals surface area contributed by atoms with Gasteiger partial charge >= 0.3 is 5.97 Å². The summed E-state index contributed by atoms with van der Waals surface area (Å²) in [6.45, 7) is -0.129. The molecule has 24 heavy (non-hydrogen) atoms. The average molecular weight is 324 g/mol. The smallest absolute Gasteiger partial charge is 0.326 e. The van der Waals surface area contributed by atoms with Gasteiger partial charge in [-0.1, -0.05) is 18.2 Å². The van der Waals surface area contributed by atoms with Gasteiger partial charge in [-0.2, -0.15) is 0 Å². The standard InChI is InChI=1S/C18H16N2O4/c21-16(24-10-4-6-13-5-3-9-19-11-13)12-20-17(22)14-7-1-2-8-15(14)18(20)23/h1-3,5,7-9,11H,4,6,10,12H2. The third kappa shape index (κ3) is 3.32. The fraction of sp³-hybridized carbons (Fsp3) is 0.222. The number of ether oxygens (including phenoxy) is 1. The number of amides is 2. The number of aromatic nitrogens is 1. The number of carbonyl (C=O) groups excluding carboxylic acids is 3. The topological polar surface area (TPSA) is 76.6 Å². The minimum Gasteiger partial charge on any atom is -0.464 e. The molecule has 0 fully saturated rings. The maximum Gasteiger partial charge on any atom is 0.326 e. The van der Waals surface area contributed by atoms with Crippen molar-refractivity contribution < 1.29 is 19.1 Å². The number of carbonyl (C=O) groups is 3. The second kappa shape index (κ2) is 7.04. The monoisotopic (exact) mass is 324 g/mol. The molecule has 1 aliphatic heterocycles. The Morgan fingerprint density at radius 2 is 1.75 bits per heavy atom. The molecule has 6 heteroatoms. The van der Waals surface area contributed by atoms with Gasteiger partial charge in [-0.3, -0.25) is 24.3 Å². The molecule has 1 aliphatic rings. The molecule has 0 aliphatic carbocycles.